The maximum Gasteiger partial charge on any atom is 0.213 e. The van der Waals surface area contributed by atoms with Gasteiger partial charge in [-0.05, 0) is 90.1 Å². The Hall–Kier alpha value is -5.32. The van der Waals surface area contributed by atoms with Gasteiger partial charge in [0.15, 0.2) is 24.1 Å². The van der Waals surface area contributed by atoms with Crippen LogP contribution in [-0.2, 0) is 13.5 Å². The first-order valence-corrected chi connectivity index (χ1v) is 20.8. The number of aliphatic hydroxyl groups excluding tert-OH is 1. The summed E-state index contributed by atoms with van der Waals surface area (Å²) in [4.78, 5) is 0. The molecule has 57 heavy (non-hydrogen) atoms. The highest BCUT2D eigenvalue weighted by molar-refractivity contribution is 5.77. The van der Waals surface area contributed by atoms with E-state index >= 15 is 0 Å². The molecular formula is C53H63N3O+2. The van der Waals surface area contributed by atoms with Crippen molar-refractivity contribution in [1.29, 1.82) is 0 Å². The summed E-state index contributed by atoms with van der Waals surface area (Å²) in [7, 11) is 2.17. The molecule has 2 aromatic heterocycles. The van der Waals surface area contributed by atoms with E-state index in [0.717, 1.165) is 25.0 Å². The van der Waals surface area contributed by atoms with Crippen molar-refractivity contribution < 1.29 is 14.2 Å². The zero-order chi connectivity index (χ0) is 40.7. The van der Waals surface area contributed by atoms with E-state index in [1.54, 1.807) is 0 Å². The summed E-state index contributed by atoms with van der Waals surface area (Å²) in [5.41, 5.74) is 14.5. The largest absolute Gasteiger partial charge is 0.396 e. The fourth-order valence-corrected chi connectivity index (χ4v) is 8.87. The molecule has 3 heterocycles. The first-order chi connectivity index (χ1) is 27.5. The maximum atomic E-state index is 10.1. The second kappa shape index (κ2) is 18.3. The molecule has 5 aromatic rings. The number of aliphatic hydroxyl groups is 1. The average molecular weight is 758 g/mol. The van der Waals surface area contributed by atoms with E-state index in [4.69, 9.17) is 0 Å². The Kier molecular flexibility index (Phi) is 13.3. The number of rotatable bonds is 16. The molecule has 0 aliphatic carbocycles. The molecule has 3 atom stereocenters. The minimum absolute atomic E-state index is 0.0937. The number of allylic oxidation sites excluding steroid dienone is 3. The topological polar surface area (TPSA) is 40.0 Å². The smallest absolute Gasteiger partial charge is 0.213 e. The SMILES string of the molecule is C=C/C=C(\NC(/C=C\CCO)(CCC1C(C=C)c2ccccc2-c2cccc[n+]21)Cc1cc(C)c(C)c[n+]1C)c1c(C(C)C)cc(-c2ccccc2)cc1C(C)C. The highest BCUT2D eigenvalue weighted by Gasteiger charge is 2.41. The van der Waals surface area contributed by atoms with Crippen LogP contribution in [0.2, 0.25) is 0 Å². The van der Waals surface area contributed by atoms with Gasteiger partial charge >= 0.3 is 0 Å². The molecule has 0 fully saturated rings. The van der Waals surface area contributed by atoms with Crippen LogP contribution in [-0.4, -0.2) is 17.3 Å². The second-order valence-corrected chi connectivity index (χ2v) is 16.6. The molecule has 0 amide bonds. The van der Waals surface area contributed by atoms with Crippen LogP contribution in [0.4, 0.5) is 0 Å². The van der Waals surface area contributed by atoms with Crippen molar-refractivity contribution in [3.8, 4) is 22.4 Å². The third-order valence-corrected chi connectivity index (χ3v) is 12.0. The predicted octanol–water partition coefficient (Wildman–Crippen LogP) is 11.3. The molecule has 4 heteroatoms. The molecule has 2 N–H and O–H groups in total. The normalized spacial score (nSPS) is 16.4. The van der Waals surface area contributed by atoms with Crippen molar-refractivity contribution >= 4 is 5.70 Å². The average Bonchev–Trinajstić information content (AvgIpc) is 3.21. The number of fused-ring (bicyclic) bond motifs is 3. The van der Waals surface area contributed by atoms with Gasteiger partial charge < -0.3 is 10.4 Å². The summed E-state index contributed by atoms with van der Waals surface area (Å²) in [5.74, 6) is 0.694. The van der Waals surface area contributed by atoms with Gasteiger partial charge in [-0.3, -0.25) is 0 Å². The highest BCUT2D eigenvalue weighted by Crippen LogP contribution is 2.43. The van der Waals surface area contributed by atoms with Crippen LogP contribution in [0.1, 0.15) is 110 Å². The van der Waals surface area contributed by atoms with Crippen LogP contribution in [0.3, 0.4) is 0 Å². The number of aryl methyl sites for hydroxylation is 3. The Balaban J connectivity index is 1.54. The quantitative estimate of drug-likeness (QED) is 0.0598. The van der Waals surface area contributed by atoms with Gasteiger partial charge in [-0.2, -0.15) is 4.57 Å². The zero-order valence-electron chi connectivity index (χ0n) is 35.3. The molecule has 3 aromatic carbocycles. The molecule has 0 spiro atoms. The number of hydrogen-bond donors (Lipinski definition) is 2. The van der Waals surface area contributed by atoms with Gasteiger partial charge in [-0.15, -0.1) is 6.58 Å². The Morgan fingerprint density at radius 1 is 0.860 bits per heavy atom. The summed E-state index contributed by atoms with van der Waals surface area (Å²) in [5, 5.41) is 14.4. The molecule has 1 aliphatic heterocycles. The lowest BCUT2D eigenvalue weighted by Crippen LogP contribution is -2.51. The van der Waals surface area contributed by atoms with Gasteiger partial charge in [-0.25, -0.2) is 4.57 Å². The van der Waals surface area contributed by atoms with Gasteiger partial charge in [0, 0.05) is 48.1 Å². The molecule has 294 valence electrons. The summed E-state index contributed by atoms with van der Waals surface area (Å²) >= 11 is 0. The summed E-state index contributed by atoms with van der Waals surface area (Å²) in [6, 6.07) is 33.4. The van der Waals surface area contributed by atoms with Crippen LogP contribution < -0.4 is 14.5 Å². The van der Waals surface area contributed by atoms with Crippen molar-refractivity contribution in [2.45, 2.75) is 96.6 Å². The first kappa shape index (κ1) is 41.3. The first-order valence-electron chi connectivity index (χ1n) is 20.8. The van der Waals surface area contributed by atoms with Crippen LogP contribution in [0.25, 0.3) is 28.1 Å². The summed E-state index contributed by atoms with van der Waals surface area (Å²) in [6.45, 7) is 22.4. The van der Waals surface area contributed by atoms with Gasteiger partial charge in [0.25, 0.3) is 0 Å². The van der Waals surface area contributed by atoms with Crippen molar-refractivity contribution in [3.63, 3.8) is 0 Å². The van der Waals surface area contributed by atoms with Crippen LogP contribution in [0, 0.1) is 13.8 Å². The van der Waals surface area contributed by atoms with Crippen LogP contribution in [0.15, 0.2) is 147 Å². The number of benzene rings is 3. The van der Waals surface area contributed by atoms with Crippen LogP contribution in [0.5, 0.6) is 0 Å². The van der Waals surface area contributed by atoms with Gasteiger partial charge in [0.1, 0.15) is 7.05 Å². The van der Waals surface area contributed by atoms with Crippen molar-refractivity contribution in [3.05, 3.63) is 186 Å². The van der Waals surface area contributed by atoms with Crippen molar-refractivity contribution in [2.24, 2.45) is 7.05 Å². The Morgan fingerprint density at radius 3 is 2.21 bits per heavy atom. The van der Waals surface area contributed by atoms with E-state index in [1.165, 1.54) is 61.5 Å². The molecule has 4 nitrogen and oxygen atoms in total. The van der Waals surface area contributed by atoms with Crippen molar-refractivity contribution in [2.75, 3.05) is 6.61 Å². The molecular weight excluding hydrogens is 695 g/mol. The summed E-state index contributed by atoms with van der Waals surface area (Å²) < 4.78 is 4.76. The Labute approximate surface area is 342 Å². The van der Waals surface area contributed by atoms with E-state index in [2.05, 4.69) is 204 Å². The number of aromatic nitrogens is 2. The minimum atomic E-state index is -0.539. The molecule has 3 unspecified atom stereocenters. The van der Waals surface area contributed by atoms with E-state index in [0.29, 0.717) is 6.42 Å². The lowest BCUT2D eigenvalue weighted by molar-refractivity contribution is -0.717. The fourth-order valence-electron chi connectivity index (χ4n) is 8.87. The highest BCUT2D eigenvalue weighted by atomic mass is 16.2. The van der Waals surface area contributed by atoms with E-state index in [-0.39, 0.29) is 30.4 Å². The number of nitrogens with zero attached hydrogens (tertiary/aromatic N) is 2. The second-order valence-electron chi connectivity index (χ2n) is 16.6. The maximum absolute atomic E-state index is 10.1. The van der Waals surface area contributed by atoms with Gasteiger partial charge in [0.05, 0.1) is 23.4 Å². The van der Waals surface area contributed by atoms with Crippen molar-refractivity contribution in [1.82, 2.24) is 5.32 Å². The lowest BCUT2D eigenvalue weighted by Gasteiger charge is -2.37. The van der Waals surface area contributed by atoms with E-state index in [1.807, 2.05) is 6.08 Å². The van der Waals surface area contributed by atoms with E-state index < -0.39 is 5.54 Å². The predicted molar refractivity (Wildman–Crippen MR) is 239 cm³/mol. The van der Waals surface area contributed by atoms with Gasteiger partial charge in [0.2, 0.25) is 5.69 Å². The number of pyridine rings is 2. The lowest BCUT2D eigenvalue weighted by atomic mass is 9.77. The molecule has 6 rings (SSSR count). The number of hydrogen-bond acceptors (Lipinski definition) is 2. The standard InChI is InChI=1S/C53H63N3O/c1-10-21-49(52-47(37(3)4)33-42(34-48(52)38(5)6)41-22-13-12-14-23-41)54-53(28-18-20-31-57,35-43-32-39(7)40(8)36-55(43)9)29-27-51-44(11-2)45-24-15-16-25-46(45)50-26-17-19-30-56(50)51/h10-19,21-26,28,30,32-34,36-38,44,51,54,57H,1-2,20,27,29,31,35H2,3-9H3/q+2/b28-18-,49-21-. The molecule has 0 saturated carbocycles. The molecule has 0 bridgehead atoms. The molecule has 1 aliphatic rings. The number of nitrogens with one attached hydrogen (secondary N) is 1. The monoisotopic (exact) mass is 757 g/mol. The van der Waals surface area contributed by atoms with Gasteiger partial charge in [-0.1, -0.05) is 119 Å². The molecule has 0 radical (unpaired) electrons. The Morgan fingerprint density at radius 2 is 1.54 bits per heavy atom. The van der Waals surface area contributed by atoms with Crippen LogP contribution >= 0.6 is 0 Å². The fraction of sp³-hybridized carbons (Fsp3) is 0.321. The molecule has 0 saturated heterocycles. The van der Waals surface area contributed by atoms with E-state index in [9.17, 15) is 5.11 Å². The minimum Gasteiger partial charge on any atom is -0.396 e. The summed E-state index contributed by atoms with van der Waals surface area (Å²) in [6.07, 6.45) is 18.3. The zero-order valence-corrected chi connectivity index (χ0v) is 35.3. The third-order valence-electron chi connectivity index (χ3n) is 12.0. The Bertz CT molecular complexity index is 2230. The third kappa shape index (κ3) is 8.97.